The van der Waals surface area contributed by atoms with E-state index >= 15 is 8.78 Å². The van der Waals surface area contributed by atoms with Crippen LogP contribution < -0.4 is 15.7 Å². The average Bonchev–Trinajstić information content (AvgIpc) is 3.26. The first-order valence-corrected chi connectivity index (χ1v) is 14.3. The highest BCUT2D eigenvalue weighted by atomic mass is 28.4. The molecule has 4 nitrogen and oxygen atoms in total. The Balaban J connectivity index is 1.48. The van der Waals surface area contributed by atoms with Gasteiger partial charge in [0.2, 0.25) is 0 Å². The minimum atomic E-state index is -3.03. The summed E-state index contributed by atoms with van der Waals surface area (Å²) in [6.07, 6.45) is 0.528. The van der Waals surface area contributed by atoms with Gasteiger partial charge in [0.25, 0.3) is 14.2 Å². The minimum absolute atomic E-state index is 0.177. The van der Waals surface area contributed by atoms with Crippen molar-refractivity contribution in [3.05, 3.63) is 90.8 Å². The zero-order valence-corrected chi connectivity index (χ0v) is 22.4. The van der Waals surface area contributed by atoms with Crippen LogP contribution >= 0.6 is 0 Å². The Hall–Kier alpha value is -2.87. The maximum atomic E-state index is 15.3. The monoisotopic (exact) mass is 507 g/mol. The second kappa shape index (κ2) is 10.6. The fraction of sp³-hybridized carbons (Fsp3) is 0.345. The van der Waals surface area contributed by atoms with Gasteiger partial charge in [-0.15, -0.1) is 0 Å². The van der Waals surface area contributed by atoms with Crippen molar-refractivity contribution in [2.75, 3.05) is 13.2 Å². The number of rotatable bonds is 10. The number of fused-ring (bicyclic) bond motifs is 1. The first-order valence-electron chi connectivity index (χ1n) is 12.4. The van der Waals surface area contributed by atoms with Crippen LogP contribution in [0.3, 0.4) is 0 Å². The molecule has 0 aliphatic carbocycles. The summed E-state index contributed by atoms with van der Waals surface area (Å²) in [5.74, 6) is -2.25. The lowest BCUT2D eigenvalue weighted by molar-refractivity contribution is -0.0434. The molecule has 0 unspecified atom stereocenters. The minimum Gasteiger partial charge on any atom is -0.401 e. The Morgan fingerprint density at radius 3 is 2.00 bits per heavy atom. The maximum absolute atomic E-state index is 15.3. The summed E-state index contributed by atoms with van der Waals surface area (Å²) >= 11 is 0. The van der Waals surface area contributed by atoms with E-state index in [1.165, 1.54) is 0 Å². The molecule has 0 aliphatic rings. The zero-order chi connectivity index (χ0) is 25.8. The number of aromatic amines is 1. The van der Waals surface area contributed by atoms with Gasteiger partial charge in [-0.05, 0) is 34.5 Å². The van der Waals surface area contributed by atoms with E-state index in [-0.39, 0.29) is 11.1 Å². The number of imidazole rings is 1. The first-order chi connectivity index (χ1) is 17.1. The third-order valence-corrected chi connectivity index (χ3v) is 11.5. The van der Waals surface area contributed by atoms with Gasteiger partial charge in [-0.2, -0.15) is 0 Å². The number of nitrogens with zero attached hydrogens (tertiary/aromatic N) is 1. The van der Waals surface area contributed by atoms with E-state index in [1.807, 2.05) is 91.9 Å². The van der Waals surface area contributed by atoms with E-state index in [4.69, 9.17) is 4.43 Å². The smallest absolute Gasteiger partial charge is 0.281 e. The van der Waals surface area contributed by atoms with Crippen molar-refractivity contribution in [3.8, 4) is 0 Å². The molecule has 0 bridgehead atoms. The molecule has 1 heterocycles. The van der Waals surface area contributed by atoms with Gasteiger partial charge < -0.3 is 14.7 Å². The molecule has 3 aromatic carbocycles. The summed E-state index contributed by atoms with van der Waals surface area (Å²) in [5, 5.41) is 4.63. The molecular formula is C29H35F2N3OSi. The van der Waals surface area contributed by atoms with Crippen LogP contribution in [0.15, 0.2) is 84.9 Å². The van der Waals surface area contributed by atoms with Gasteiger partial charge >= 0.3 is 0 Å². The van der Waals surface area contributed by atoms with Crippen LogP contribution in [0.1, 0.15) is 33.5 Å². The molecule has 0 saturated heterocycles. The molecular weight excluding hydrogens is 472 g/mol. The molecule has 4 rings (SSSR count). The van der Waals surface area contributed by atoms with Crippen LogP contribution in [0, 0.1) is 0 Å². The van der Waals surface area contributed by atoms with Crippen LogP contribution in [0.25, 0.3) is 11.0 Å². The summed E-state index contributed by atoms with van der Waals surface area (Å²) in [4.78, 5) is 7.82. The third-order valence-electron chi connectivity index (χ3n) is 6.56. The van der Waals surface area contributed by atoms with Crippen LogP contribution in [0.5, 0.6) is 0 Å². The van der Waals surface area contributed by atoms with Gasteiger partial charge in [-0.1, -0.05) is 93.6 Å². The van der Waals surface area contributed by atoms with Crippen molar-refractivity contribution >= 4 is 29.7 Å². The topological polar surface area (TPSA) is 49.9 Å². The van der Waals surface area contributed by atoms with E-state index < -0.39 is 27.4 Å². The number of aromatic nitrogens is 2. The molecule has 0 fully saturated rings. The molecule has 0 aliphatic heterocycles. The molecule has 1 aromatic heterocycles. The van der Waals surface area contributed by atoms with E-state index in [9.17, 15) is 0 Å². The van der Waals surface area contributed by atoms with Crippen molar-refractivity contribution < 1.29 is 13.2 Å². The maximum Gasteiger partial charge on any atom is 0.281 e. The number of hydrogen-bond acceptors (Lipinski definition) is 3. The number of nitrogens with one attached hydrogen (secondary N) is 2. The Labute approximate surface area is 213 Å². The summed E-state index contributed by atoms with van der Waals surface area (Å²) in [7, 11) is -3.02. The number of alkyl halides is 2. The second-order valence-corrected chi connectivity index (χ2v) is 14.8. The van der Waals surface area contributed by atoms with E-state index in [0.717, 1.165) is 27.2 Å². The van der Waals surface area contributed by atoms with Crippen molar-refractivity contribution in [2.24, 2.45) is 0 Å². The Morgan fingerprint density at radius 1 is 0.889 bits per heavy atom. The fourth-order valence-electron chi connectivity index (χ4n) is 4.81. The van der Waals surface area contributed by atoms with Crippen molar-refractivity contribution in [1.82, 2.24) is 15.3 Å². The predicted octanol–water partition coefficient (Wildman–Crippen LogP) is 5.30. The molecule has 0 saturated carbocycles. The van der Waals surface area contributed by atoms with Crippen LogP contribution in [-0.4, -0.2) is 43.4 Å². The molecule has 0 amide bonds. The number of hydrogen-bond donors (Lipinski definition) is 2. The van der Waals surface area contributed by atoms with Gasteiger partial charge in [-0.3, -0.25) is 0 Å². The van der Waals surface area contributed by atoms with Gasteiger partial charge in [0.15, 0.2) is 0 Å². The lowest BCUT2D eigenvalue weighted by Gasteiger charge is -2.43. The van der Waals surface area contributed by atoms with Gasteiger partial charge in [0.1, 0.15) is 5.82 Å². The van der Waals surface area contributed by atoms with Crippen molar-refractivity contribution in [2.45, 2.75) is 51.1 Å². The normalized spacial score (nSPS) is 13.7. The summed E-state index contributed by atoms with van der Waals surface area (Å²) in [6, 6.07) is 27.3. The van der Waals surface area contributed by atoms with Gasteiger partial charge in [-0.25, -0.2) is 13.8 Å². The Kier molecular flexibility index (Phi) is 7.73. The lowest BCUT2D eigenvalue weighted by atomic mass is 10.2. The van der Waals surface area contributed by atoms with Crippen molar-refractivity contribution in [3.63, 3.8) is 0 Å². The molecule has 4 aromatic rings. The molecule has 36 heavy (non-hydrogen) atoms. The molecule has 0 spiro atoms. The highest BCUT2D eigenvalue weighted by Crippen LogP contribution is 2.37. The first kappa shape index (κ1) is 26.2. The van der Waals surface area contributed by atoms with E-state index in [0.29, 0.717) is 6.42 Å². The van der Waals surface area contributed by atoms with Crippen LogP contribution in [0.4, 0.5) is 8.78 Å². The largest absolute Gasteiger partial charge is 0.401 e. The molecule has 2 N–H and O–H groups in total. The molecule has 1 atom stereocenters. The molecule has 190 valence electrons. The predicted molar refractivity (Wildman–Crippen MR) is 146 cm³/mol. The average molecular weight is 508 g/mol. The summed E-state index contributed by atoms with van der Waals surface area (Å²) in [5.41, 5.74) is 1.83. The summed E-state index contributed by atoms with van der Waals surface area (Å²) < 4.78 is 37.0. The van der Waals surface area contributed by atoms with E-state index in [2.05, 4.69) is 36.1 Å². The summed E-state index contributed by atoms with van der Waals surface area (Å²) in [6.45, 7) is 7.05. The highest BCUT2D eigenvalue weighted by molar-refractivity contribution is 6.99. The van der Waals surface area contributed by atoms with E-state index in [1.54, 1.807) is 0 Å². The van der Waals surface area contributed by atoms with Gasteiger partial charge in [0.05, 0.1) is 24.2 Å². The number of benzene rings is 3. The third kappa shape index (κ3) is 5.74. The standard InChI is InChI=1S/C29H35F2N3OSi/c1-22(19-27-33-25-17-11-12-18-26(25)34-27)32-20-29(30,31)21-35-36(28(2,3)4,23-13-7-5-8-14-23)24-15-9-6-10-16-24/h5-18,22,32H,19-21H2,1-4H3,(H,33,34)/t22-/m1/s1. The molecule has 0 radical (unpaired) electrons. The Morgan fingerprint density at radius 2 is 1.44 bits per heavy atom. The second-order valence-electron chi connectivity index (χ2n) is 10.5. The zero-order valence-electron chi connectivity index (χ0n) is 21.4. The molecule has 7 heteroatoms. The van der Waals surface area contributed by atoms with Crippen LogP contribution in [0.2, 0.25) is 5.04 Å². The van der Waals surface area contributed by atoms with Crippen molar-refractivity contribution in [1.29, 1.82) is 0 Å². The quantitative estimate of drug-likeness (QED) is 0.287. The highest BCUT2D eigenvalue weighted by Gasteiger charge is 2.51. The Bertz CT molecular complexity index is 1180. The van der Waals surface area contributed by atoms with Gasteiger partial charge in [0, 0.05) is 12.5 Å². The number of halogens is 2. The number of H-pyrrole nitrogens is 1. The van der Waals surface area contributed by atoms with Crippen LogP contribution in [-0.2, 0) is 10.8 Å². The SMILES string of the molecule is C[C@H](Cc1nc2ccccc2[nH]1)NCC(F)(F)CO[Si](c1ccccc1)(c1ccccc1)C(C)(C)C. The number of para-hydroxylation sites is 2. The lowest BCUT2D eigenvalue weighted by Crippen LogP contribution is -2.67. The fourth-order valence-corrected chi connectivity index (χ4v) is 9.40.